The molecule has 0 fully saturated rings. The topological polar surface area (TPSA) is 74.2 Å². The van der Waals surface area contributed by atoms with E-state index in [0.29, 0.717) is 12.1 Å². The van der Waals surface area contributed by atoms with Crippen molar-refractivity contribution in [3.05, 3.63) is 30.1 Å². The van der Waals surface area contributed by atoms with Crippen molar-refractivity contribution in [2.24, 2.45) is 0 Å². The van der Waals surface area contributed by atoms with Crippen LogP contribution in [0.2, 0.25) is 0 Å². The lowest BCUT2D eigenvalue weighted by Crippen LogP contribution is -2.47. The van der Waals surface area contributed by atoms with E-state index in [0.717, 1.165) is 13.0 Å². The van der Waals surface area contributed by atoms with E-state index in [2.05, 4.69) is 15.6 Å². The molecule has 0 saturated heterocycles. The first-order valence-electron chi connectivity index (χ1n) is 5.65. The summed E-state index contributed by atoms with van der Waals surface area (Å²) in [6.07, 6.45) is 4.09. The van der Waals surface area contributed by atoms with Gasteiger partial charge in [-0.25, -0.2) is 4.79 Å². The second-order valence-electron chi connectivity index (χ2n) is 4.06. The molecule has 0 saturated carbocycles. The monoisotopic (exact) mass is 237 g/mol. The molecular formula is C12H19N3O2. The van der Waals surface area contributed by atoms with Gasteiger partial charge >= 0.3 is 5.97 Å². The highest BCUT2D eigenvalue weighted by Gasteiger charge is 2.34. The zero-order valence-corrected chi connectivity index (χ0v) is 10.2. The summed E-state index contributed by atoms with van der Waals surface area (Å²) in [7, 11) is 1.87. The van der Waals surface area contributed by atoms with Gasteiger partial charge in [0.1, 0.15) is 5.54 Å². The number of aromatic nitrogens is 1. The summed E-state index contributed by atoms with van der Waals surface area (Å²) in [5.74, 6) is -0.894. The van der Waals surface area contributed by atoms with Crippen molar-refractivity contribution in [1.82, 2.24) is 15.6 Å². The van der Waals surface area contributed by atoms with Gasteiger partial charge in [-0.05, 0) is 39.5 Å². The molecule has 0 amide bonds. The van der Waals surface area contributed by atoms with Crippen molar-refractivity contribution in [3.63, 3.8) is 0 Å². The van der Waals surface area contributed by atoms with Crippen LogP contribution < -0.4 is 10.6 Å². The third kappa shape index (κ3) is 3.51. The number of nitrogens with zero attached hydrogens (tertiary/aromatic N) is 1. The molecule has 1 aromatic rings. The molecular weight excluding hydrogens is 218 g/mol. The van der Waals surface area contributed by atoms with Gasteiger partial charge < -0.3 is 10.4 Å². The average molecular weight is 237 g/mol. The highest BCUT2D eigenvalue weighted by molar-refractivity contribution is 5.80. The minimum Gasteiger partial charge on any atom is -0.480 e. The van der Waals surface area contributed by atoms with Crippen LogP contribution in [0, 0.1) is 0 Å². The SMILES string of the molecule is CNCCCNC(C)(C(=O)O)c1cccnc1. The first kappa shape index (κ1) is 13.6. The number of carboxylic acids is 1. The standard InChI is InChI=1S/C12H19N3O2/c1-12(11(16)17,15-8-4-6-13-2)10-5-3-7-14-9-10/h3,5,7,9,13,15H,4,6,8H2,1-2H3,(H,16,17). The maximum absolute atomic E-state index is 11.4. The number of aliphatic carboxylic acids is 1. The van der Waals surface area contributed by atoms with E-state index in [-0.39, 0.29) is 0 Å². The Balaban J connectivity index is 2.73. The average Bonchev–Trinajstić information content (AvgIpc) is 2.35. The summed E-state index contributed by atoms with van der Waals surface area (Å²) in [5, 5.41) is 15.4. The second-order valence-corrected chi connectivity index (χ2v) is 4.06. The molecule has 0 bridgehead atoms. The number of carboxylic acid groups (broad SMARTS) is 1. The molecule has 5 heteroatoms. The van der Waals surface area contributed by atoms with Crippen LogP contribution in [-0.4, -0.2) is 36.2 Å². The Labute approximate surface area is 101 Å². The molecule has 1 heterocycles. The summed E-state index contributed by atoms with van der Waals surface area (Å²) in [4.78, 5) is 15.3. The summed E-state index contributed by atoms with van der Waals surface area (Å²) in [6.45, 7) is 3.15. The van der Waals surface area contributed by atoms with Gasteiger partial charge in [-0.3, -0.25) is 10.3 Å². The quantitative estimate of drug-likeness (QED) is 0.605. The van der Waals surface area contributed by atoms with E-state index in [1.807, 2.05) is 7.05 Å². The number of hydrogen-bond donors (Lipinski definition) is 3. The predicted octanol–water partition coefficient (Wildman–Crippen LogP) is 0.581. The van der Waals surface area contributed by atoms with Crippen molar-refractivity contribution in [2.45, 2.75) is 18.9 Å². The van der Waals surface area contributed by atoms with E-state index in [1.165, 1.54) is 0 Å². The van der Waals surface area contributed by atoms with Crippen molar-refractivity contribution < 1.29 is 9.90 Å². The lowest BCUT2D eigenvalue weighted by atomic mass is 9.93. The maximum atomic E-state index is 11.4. The van der Waals surface area contributed by atoms with Crippen LogP contribution in [0.25, 0.3) is 0 Å². The first-order chi connectivity index (χ1) is 8.11. The summed E-state index contributed by atoms with van der Waals surface area (Å²) in [6, 6.07) is 3.51. The van der Waals surface area contributed by atoms with Gasteiger partial charge in [-0.2, -0.15) is 0 Å². The Morgan fingerprint density at radius 2 is 2.29 bits per heavy atom. The van der Waals surface area contributed by atoms with Gasteiger partial charge in [0.2, 0.25) is 0 Å². The third-order valence-corrected chi connectivity index (χ3v) is 2.75. The van der Waals surface area contributed by atoms with Crippen LogP contribution in [0.1, 0.15) is 18.9 Å². The summed E-state index contributed by atoms with van der Waals surface area (Å²) >= 11 is 0. The molecule has 0 aromatic carbocycles. The molecule has 94 valence electrons. The van der Waals surface area contributed by atoms with Gasteiger partial charge in [0.25, 0.3) is 0 Å². The normalized spacial score (nSPS) is 14.2. The molecule has 5 nitrogen and oxygen atoms in total. The van der Waals surface area contributed by atoms with E-state index in [4.69, 9.17) is 0 Å². The molecule has 1 aromatic heterocycles. The lowest BCUT2D eigenvalue weighted by molar-refractivity contribution is -0.144. The molecule has 1 atom stereocenters. The zero-order chi connectivity index (χ0) is 12.7. The van der Waals surface area contributed by atoms with Crippen molar-refractivity contribution >= 4 is 5.97 Å². The van der Waals surface area contributed by atoms with Crippen LogP contribution in [-0.2, 0) is 10.3 Å². The second kappa shape index (κ2) is 6.32. The summed E-state index contributed by atoms with van der Waals surface area (Å²) < 4.78 is 0. The van der Waals surface area contributed by atoms with E-state index in [9.17, 15) is 9.90 Å². The van der Waals surface area contributed by atoms with Crippen molar-refractivity contribution in [2.75, 3.05) is 20.1 Å². The zero-order valence-electron chi connectivity index (χ0n) is 10.2. The van der Waals surface area contributed by atoms with Gasteiger partial charge in [0.15, 0.2) is 0 Å². The van der Waals surface area contributed by atoms with Gasteiger partial charge in [-0.1, -0.05) is 6.07 Å². The number of carbonyl (C=O) groups is 1. The maximum Gasteiger partial charge on any atom is 0.328 e. The fourth-order valence-electron chi connectivity index (χ4n) is 1.56. The molecule has 1 unspecified atom stereocenters. The van der Waals surface area contributed by atoms with Crippen LogP contribution in [0.15, 0.2) is 24.5 Å². The molecule has 3 N–H and O–H groups in total. The molecule has 1 rings (SSSR count). The number of nitrogens with one attached hydrogen (secondary N) is 2. The number of pyridine rings is 1. The molecule has 17 heavy (non-hydrogen) atoms. The Bertz CT molecular complexity index is 356. The number of hydrogen-bond acceptors (Lipinski definition) is 4. The largest absolute Gasteiger partial charge is 0.480 e. The Kier molecular flexibility index (Phi) is 5.06. The Morgan fingerprint density at radius 1 is 1.53 bits per heavy atom. The Morgan fingerprint density at radius 3 is 2.82 bits per heavy atom. The highest BCUT2D eigenvalue weighted by Crippen LogP contribution is 2.19. The smallest absolute Gasteiger partial charge is 0.328 e. The van der Waals surface area contributed by atoms with Crippen molar-refractivity contribution in [3.8, 4) is 0 Å². The highest BCUT2D eigenvalue weighted by atomic mass is 16.4. The fourth-order valence-corrected chi connectivity index (χ4v) is 1.56. The number of rotatable bonds is 7. The van der Waals surface area contributed by atoms with E-state index < -0.39 is 11.5 Å². The molecule has 0 aliphatic carbocycles. The molecule has 0 spiro atoms. The van der Waals surface area contributed by atoms with Crippen LogP contribution in [0.3, 0.4) is 0 Å². The van der Waals surface area contributed by atoms with E-state index >= 15 is 0 Å². The molecule has 0 aliphatic rings. The third-order valence-electron chi connectivity index (χ3n) is 2.75. The molecule has 0 aliphatic heterocycles. The molecule has 0 radical (unpaired) electrons. The van der Waals surface area contributed by atoms with Crippen LogP contribution in [0.4, 0.5) is 0 Å². The van der Waals surface area contributed by atoms with Crippen LogP contribution >= 0.6 is 0 Å². The van der Waals surface area contributed by atoms with Gasteiger partial charge in [-0.15, -0.1) is 0 Å². The minimum atomic E-state index is -1.08. The summed E-state index contributed by atoms with van der Waals surface area (Å²) in [5.41, 5.74) is -0.417. The predicted molar refractivity (Wildman–Crippen MR) is 65.8 cm³/mol. The lowest BCUT2D eigenvalue weighted by Gasteiger charge is -2.26. The van der Waals surface area contributed by atoms with Crippen LogP contribution in [0.5, 0.6) is 0 Å². The van der Waals surface area contributed by atoms with E-state index in [1.54, 1.807) is 31.5 Å². The first-order valence-corrected chi connectivity index (χ1v) is 5.65. The van der Waals surface area contributed by atoms with Gasteiger partial charge in [0.05, 0.1) is 0 Å². The Hall–Kier alpha value is -1.46. The fraction of sp³-hybridized carbons (Fsp3) is 0.500. The van der Waals surface area contributed by atoms with Crippen molar-refractivity contribution in [1.29, 1.82) is 0 Å². The van der Waals surface area contributed by atoms with Gasteiger partial charge in [0, 0.05) is 18.0 Å². The minimum absolute atomic E-state index is 0.637.